The summed E-state index contributed by atoms with van der Waals surface area (Å²) >= 11 is 9.83. The Bertz CT molecular complexity index is 513. The van der Waals surface area contributed by atoms with Crippen molar-refractivity contribution in [2.75, 3.05) is 11.5 Å². The summed E-state index contributed by atoms with van der Waals surface area (Å²) < 4.78 is 6.62. The van der Waals surface area contributed by atoms with E-state index in [9.17, 15) is 4.79 Å². The van der Waals surface area contributed by atoms with E-state index in [1.807, 2.05) is 31.2 Å². The molecule has 1 aliphatic heterocycles. The average Bonchev–Trinajstić information content (AvgIpc) is 2.63. The third-order valence-corrected chi connectivity index (χ3v) is 4.04. The number of ether oxygens (including phenoxy) is 1. The second-order valence-electron chi connectivity index (χ2n) is 3.42. The maximum atomic E-state index is 12.2. The normalized spacial score (nSPS) is 17.7. The Morgan fingerprint density at radius 2 is 2.11 bits per heavy atom. The molecule has 0 aromatic heterocycles. The molecule has 1 aromatic rings. The number of benzene rings is 1. The van der Waals surface area contributed by atoms with E-state index in [2.05, 4.69) is 15.9 Å². The lowest BCUT2D eigenvalue weighted by Gasteiger charge is -2.14. The fourth-order valence-corrected chi connectivity index (χ4v) is 2.91. The molecule has 0 spiro atoms. The lowest BCUT2D eigenvalue weighted by Crippen LogP contribution is -2.27. The Hall–Kier alpha value is -0.850. The van der Waals surface area contributed by atoms with Gasteiger partial charge in [0.1, 0.15) is 11.2 Å². The first kappa shape index (κ1) is 13.6. The largest absolute Gasteiger partial charge is 0.500 e. The summed E-state index contributed by atoms with van der Waals surface area (Å²) in [5, 5.41) is 0. The van der Waals surface area contributed by atoms with Crippen LogP contribution in [0.25, 0.3) is 0 Å². The van der Waals surface area contributed by atoms with Gasteiger partial charge in [-0.25, -0.2) is 0 Å². The predicted octanol–water partition coefficient (Wildman–Crippen LogP) is 3.69. The number of carbonyl (C=O) groups excluding carboxylic acids is 1. The highest BCUT2D eigenvalue weighted by molar-refractivity contribution is 9.10. The van der Waals surface area contributed by atoms with E-state index in [1.165, 1.54) is 22.9 Å². The molecule has 18 heavy (non-hydrogen) atoms. The molecule has 0 aliphatic carbocycles. The molecule has 1 amide bonds. The van der Waals surface area contributed by atoms with Crippen molar-refractivity contribution < 1.29 is 9.53 Å². The number of hydrogen-bond donors (Lipinski definition) is 0. The van der Waals surface area contributed by atoms with Gasteiger partial charge in [-0.15, -0.1) is 0 Å². The van der Waals surface area contributed by atoms with Gasteiger partial charge in [-0.05, 0) is 31.2 Å². The van der Waals surface area contributed by atoms with Crippen LogP contribution < -0.4 is 4.90 Å². The molecule has 0 N–H and O–H groups in total. The van der Waals surface area contributed by atoms with Crippen molar-refractivity contribution in [1.82, 2.24) is 0 Å². The van der Waals surface area contributed by atoms with E-state index in [4.69, 9.17) is 17.0 Å². The van der Waals surface area contributed by atoms with Gasteiger partial charge >= 0.3 is 0 Å². The van der Waals surface area contributed by atoms with Crippen molar-refractivity contribution in [1.29, 1.82) is 0 Å². The van der Waals surface area contributed by atoms with Crippen LogP contribution >= 0.6 is 39.9 Å². The highest BCUT2D eigenvalue weighted by Crippen LogP contribution is 2.35. The fraction of sp³-hybridized carbons (Fsp3) is 0.167. The molecule has 0 bridgehead atoms. The Morgan fingerprint density at radius 1 is 1.44 bits per heavy atom. The zero-order valence-electron chi connectivity index (χ0n) is 9.55. The highest BCUT2D eigenvalue weighted by atomic mass is 79.9. The molecular weight excluding hydrogens is 334 g/mol. The van der Waals surface area contributed by atoms with Gasteiger partial charge in [0.2, 0.25) is 0 Å². The van der Waals surface area contributed by atoms with E-state index in [-0.39, 0.29) is 5.91 Å². The molecule has 3 nitrogen and oxygen atoms in total. The lowest BCUT2D eigenvalue weighted by molar-refractivity contribution is -0.113. The smallest absolute Gasteiger partial charge is 0.273 e. The number of rotatable bonds is 3. The maximum Gasteiger partial charge on any atom is 0.273 e. The van der Waals surface area contributed by atoms with Crippen molar-refractivity contribution in [2.24, 2.45) is 0 Å². The number of carbonyl (C=O) groups is 1. The average molecular weight is 344 g/mol. The minimum atomic E-state index is -0.138. The molecular formula is C12H10BrNO2S2. The van der Waals surface area contributed by atoms with Gasteiger partial charge in [0.25, 0.3) is 5.91 Å². The van der Waals surface area contributed by atoms with Crippen LogP contribution in [0.3, 0.4) is 0 Å². The molecule has 2 rings (SSSR count). The number of hydrogen-bond acceptors (Lipinski definition) is 4. The summed E-state index contributed by atoms with van der Waals surface area (Å²) in [6, 6.07) is 7.44. The summed E-state index contributed by atoms with van der Waals surface area (Å²) in [7, 11) is 0. The van der Waals surface area contributed by atoms with Gasteiger partial charge in [0.05, 0.1) is 12.3 Å². The van der Waals surface area contributed by atoms with Crippen molar-refractivity contribution in [2.45, 2.75) is 6.92 Å². The van der Waals surface area contributed by atoms with Crippen molar-refractivity contribution in [3.8, 4) is 0 Å². The van der Waals surface area contributed by atoms with Gasteiger partial charge in [-0.2, -0.15) is 0 Å². The van der Waals surface area contributed by atoms with Crippen LogP contribution in [-0.2, 0) is 9.53 Å². The summed E-state index contributed by atoms with van der Waals surface area (Å²) in [5.41, 5.74) is 0.764. The summed E-state index contributed by atoms with van der Waals surface area (Å²) in [6.07, 6.45) is 1.47. The van der Waals surface area contributed by atoms with Gasteiger partial charge in [0.15, 0.2) is 4.32 Å². The van der Waals surface area contributed by atoms with Crippen LogP contribution in [0, 0.1) is 0 Å². The maximum absolute atomic E-state index is 12.2. The molecule has 0 radical (unpaired) electrons. The van der Waals surface area contributed by atoms with Crippen LogP contribution in [-0.4, -0.2) is 16.8 Å². The number of halogens is 1. The molecule has 0 saturated carbocycles. The third-order valence-electron chi connectivity index (χ3n) is 2.24. The van der Waals surface area contributed by atoms with Crippen LogP contribution in [0.4, 0.5) is 5.69 Å². The SMILES string of the molecule is CCO/C=C1/SC(=S)N(c2ccc(Br)cc2)C1=O. The molecule has 6 heteroatoms. The molecule has 1 fully saturated rings. The zero-order chi connectivity index (χ0) is 13.1. The Balaban J connectivity index is 2.27. The predicted molar refractivity (Wildman–Crippen MR) is 81.5 cm³/mol. The quantitative estimate of drug-likeness (QED) is 0.475. The number of amides is 1. The number of thiocarbonyl (C=S) groups is 1. The van der Waals surface area contributed by atoms with Crippen LogP contribution in [0.5, 0.6) is 0 Å². The van der Waals surface area contributed by atoms with E-state index in [1.54, 1.807) is 0 Å². The molecule has 1 aliphatic rings. The lowest BCUT2D eigenvalue weighted by atomic mass is 10.3. The molecule has 0 atom stereocenters. The number of nitrogens with zero attached hydrogens (tertiary/aromatic N) is 1. The standard InChI is InChI=1S/C12H10BrNO2S2/c1-2-16-7-10-11(15)14(12(17)18-10)9-5-3-8(13)4-6-9/h3-7H,2H2,1H3/b10-7+. The summed E-state index contributed by atoms with van der Waals surface area (Å²) in [4.78, 5) is 14.2. The molecule has 94 valence electrons. The van der Waals surface area contributed by atoms with E-state index in [0.29, 0.717) is 15.8 Å². The summed E-state index contributed by atoms with van der Waals surface area (Å²) in [6.45, 7) is 2.40. The van der Waals surface area contributed by atoms with Crippen molar-refractivity contribution >= 4 is 55.8 Å². The van der Waals surface area contributed by atoms with Gasteiger partial charge in [-0.1, -0.05) is 39.9 Å². The monoisotopic (exact) mass is 343 g/mol. The Labute approximate surface area is 123 Å². The first-order chi connectivity index (χ1) is 8.63. The molecule has 1 aromatic carbocycles. The summed E-state index contributed by atoms with van der Waals surface area (Å²) in [5.74, 6) is -0.138. The van der Waals surface area contributed by atoms with Crippen LogP contribution in [0.2, 0.25) is 0 Å². The number of thioether (sulfide) groups is 1. The second kappa shape index (κ2) is 5.86. The van der Waals surface area contributed by atoms with Crippen molar-refractivity contribution in [3.05, 3.63) is 39.9 Å². The molecule has 0 unspecified atom stereocenters. The Morgan fingerprint density at radius 3 is 2.72 bits per heavy atom. The Kier molecular flexibility index (Phi) is 4.42. The van der Waals surface area contributed by atoms with E-state index < -0.39 is 0 Å². The minimum absolute atomic E-state index is 0.138. The first-order valence-electron chi connectivity index (χ1n) is 5.27. The zero-order valence-corrected chi connectivity index (χ0v) is 12.8. The van der Waals surface area contributed by atoms with E-state index in [0.717, 1.165) is 10.2 Å². The topological polar surface area (TPSA) is 29.5 Å². The van der Waals surface area contributed by atoms with Gasteiger partial charge in [-0.3, -0.25) is 9.69 Å². The van der Waals surface area contributed by atoms with Crippen molar-refractivity contribution in [3.63, 3.8) is 0 Å². The molecule has 1 heterocycles. The first-order valence-corrected chi connectivity index (χ1v) is 7.29. The molecule has 1 saturated heterocycles. The van der Waals surface area contributed by atoms with E-state index >= 15 is 0 Å². The third kappa shape index (κ3) is 2.76. The van der Waals surface area contributed by atoms with Gasteiger partial charge < -0.3 is 4.74 Å². The van der Waals surface area contributed by atoms with Crippen LogP contribution in [0.1, 0.15) is 6.92 Å². The fourth-order valence-electron chi connectivity index (χ4n) is 1.42. The number of anilines is 1. The highest BCUT2D eigenvalue weighted by Gasteiger charge is 2.33. The van der Waals surface area contributed by atoms with Gasteiger partial charge in [0, 0.05) is 4.47 Å². The van der Waals surface area contributed by atoms with Crippen LogP contribution in [0.15, 0.2) is 39.9 Å². The minimum Gasteiger partial charge on any atom is -0.500 e. The second-order valence-corrected chi connectivity index (χ2v) is 6.01.